The normalized spacial score (nSPS) is 23.3. The second kappa shape index (κ2) is 6.43. The van der Waals surface area contributed by atoms with Gasteiger partial charge in [-0.15, -0.1) is 5.10 Å². The lowest BCUT2D eigenvalue weighted by Gasteiger charge is -2.35. The summed E-state index contributed by atoms with van der Waals surface area (Å²) >= 11 is 1.21. The summed E-state index contributed by atoms with van der Waals surface area (Å²) in [4.78, 5) is 15.3. The summed E-state index contributed by atoms with van der Waals surface area (Å²) in [7, 11) is 0. The third kappa shape index (κ3) is 3.12. The van der Waals surface area contributed by atoms with Gasteiger partial charge < -0.3 is 10.6 Å². The van der Waals surface area contributed by atoms with E-state index in [0.29, 0.717) is 17.0 Å². The van der Waals surface area contributed by atoms with Crippen molar-refractivity contribution in [3.8, 4) is 0 Å². The average Bonchev–Trinajstić information content (AvgIpc) is 2.90. The van der Waals surface area contributed by atoms with Crippen molar-refractivity contribution in [2.24, 2.45) is 5.73 Å². The molecular weight excluding hydrogens is 260 g/mol. The Morgan fingerprint density at radius 1 is 1.37 bits per heavy atom. The molecule has 1 aliphatic carbocycles. The molecule has 0 bridgehead atoms. The maximum Gasteiger partial charge on any atom is 0.267 e. The summed E-state index contributed by atoms with van der Waals surface area (Å²) in [6.45, 7) is 4.77. The molecule has 0 aromatic carbocycles. The largest absolute Gasteiger partial charge is 0.335 e. The van der Waals surface area contributed by atoms with Crippen LogP contribution in [0.15, 0.2) is 0 Å². The summed E-state index contributed by atoms with van der Waals surface area (Å²) in [5.74, 6) is 0.0924. The molecule has 1 saturated carbocycles. The number of hydrogen-bond donors (Lipinski definition) is 1. The second-order valence-electron chi connectivity index (χ2n) is 5.06. The maximum atomic E-state index is 12.6. The van der Waals surface area contributed by atoms with Crippen LogP contribution in [0.25, 0.3) is 0 Å². The molecule has 0 atom stereocenters. The van der Waals surface area contributed by atoms with Crippen molar-refractivity contribution < 1.29 is 4.79 Å². The van der Waals surface area contributed by atoms with Crippen LogP contribution >= 0.6 is 11.5 Å². The van der Waals surface area contributed by atoms with E-state index in [1.165, 1.54) is 11.5 Å². The first-order chi connectivity index (χ1) is 9.17. The van der Waals surface area contributed by atoms with Crippen LogP contribution in [0.5, 0.6) is 0 Å². The Hall–Kier alpha value is -1.01. The number of carbonyl (C=O) groups is 1. The van der Waals surface area contributed by atoms with Crippen LogP contribution in [-0.2, 0) is 6.42 Å². The van der Waals surface area contributed by atoms with E-state index in [-0.39, 0.29) is 5.91 Å². The van der Waals surface area contributed by atoms with Crippen LogP contribution in [0.2, 0.25) is 0 Å². The molecule has 1 aromatic heterocycles. The molecule has 1 aromatic rings. The topological polar surface area (TPSA) is 72.1 Å². The van der Waals surface area contributed by atoms with Crippen LogP contribution in [0.4, 0.5) is 0 Å². The molecule has 1 aliphatic rings. The van der Waals surface area contributed by atoms with E-state index < -0.39 is 0 Å². The van der Waals surface area contributed by atoms with Gasteiger partial charge in [0.1, 0.15) is 4.88 Å². The number of aryl methyl sites for hydroxylation is 1. The summed E-state index contributed by atoms with van der Waals surface area (Å²) in [6.07, 6.45) is 4.79. The molecule has 0 aliphatic heterocycles. The fourth-order valence-electron chi connectivity index (χ4n) is 2.71. The van der Waals surface area contributed by atoms with Gasteiger partial charge in [0.15, 0.2) is 0 Å². The number of aromatic nitrogens is 2. The van der Waals surface area contributed by atoms with Gasteiger partial charge in [-0.3, -0.25) is 4.79 Å². The molecule has 0 unspecified atom stereocenters. The standard InChI is InChI=1S/C13H22N4OS/c1-3-11-12(19-16-15-11)13(18)17(4-2)10-7-5-9(14)6-8-10/h9-10H,3-8,14H2,1-2H3. The van der Waals surface area contributed by atoms with Gasteiger partial charge in [-0.1, -0.05) is 11.4 Å². The molecule has 0 saturated heterocycles. The molecular formula is C13H22N4OS. The molecule has 1 heterocycles. The van der Waals surface area contributed by atoms with Gasteiger partial charge in [-0.05, 0) is 50.6 Å². The minimum atomic E-state index is 0.0924. The van der Waals surface area contributed by atoms with Crippen molar-refractivity contribution >= 4 is 17.4 Å². The third-order valence-electron chi connectivity index (χ3n) is 3.87. The highest BCUT2D eigenvalue weighted by Gasteiger charge is 2.29. The zero-order chi connectivity index (χ0) is 13.8. The lowest BCUT2D eigenvalue weighted by molar-refractivity contribution is 0.0644. The van der Waals surface area contributed by atoms with E-state index in [9.17, 15) is 4.79 Å². The Kier molecular flexibility index (Phi) is 4.87. The fraction of sp³-hybridized carbons (Fsp3) is 0.769. The first-order valence-corrected chi connectivity index (χ1v) is 7.82. The maximum absolute atomic E-state index is 12.6. The van der Waals surface area contributed by atoms with Crippen molar-refractivity contribution in [3.05, 3.63) is 10.6 Å². The zero-order valence-electron chi connectivity index (χ0n) is 11.6. The number of rotatable bonds is 4. The predicted octanol–water partition coefficient (Wildman–Crippen LogP) is 1.83. The van der Waals surface area contributed by atoms with Crippen LogP contribution in [0.1, 0.15) is 54.9 Å². The minimum absolute atomic E-state index is 0.0924. The van der Waals surface area contributed by atoms with Gasteiger partial charge in [-0.25, -0.2) is 0 Å². The molecule has 2 N–H and O–H groups in total. The number of amides is 1. The average molecular weight is 282 g/mol. The quantitative estimate of drug-likeness (QED) is 0.914. The first-order valence-electron chi connectivity index (χ1n) is 7.05. The van der Waals surface area contributed by atoms with E-state index in [4.69, 9.17) is 5.73 Å². The van der Waals surface area contributed by atoms with Crippen LogP contribution in [0, 0.1) is 0 Å². The highest BCUT2D eigenvalue weighted by Crippen LogP contribution is 2.25. The Morgan fingerprint density at radius 3 is 2.63 bits per heavy atom. The molecule has 0 spiro atoms. The van der Waals surface area contributed by atoms with Crippen molar-refractivity contribution in [2.45, 2.75) is 58.0 Å². The SMILES string of the molecule is CCc1nnsc1C(=O)N(CC)C1CCC(N)CC1. The van der Waals surface area contributed by atoms with Crippen molar-refractivity contribution in [1.82, 2.24) is 14.5 Å². The van der Waals surface area contributed by atoms with Gasteiger partial charge in [0, 0.05) is 18.6 Å². The Balaban J connectivity index is 2.11. The number of nitrogens with two attached hydrogens (primary N) is 1. The first kappa shape index (κ1) is 14.4. The fourth-order valence-corrected chi connectivity index (χ4v) is 3.42. The van der Waals surface area contributed by atoms with E-state index in [1.54, 1.807) is 0 Å². The van der Waals surface area contributed by atoms with Gasteiger partial charge in [0.05, 0.1) is 5.69 Å². The van der Waals surface area contributed by atoms with E-state index >= 15 is 0 Å². The highest BCUT2D eigenvalue weighted by molar-refractivity contribution is 7.08. The summed E-state index contributed by atoms with van der Waals surface area (Å²) in [6, 6.07) is 0.630. The molecule has 0 radical (unpaired) electrons. The summed E-state index contributed by atoms with van der Waals surface area (Å²) in [5, 5.41) is 4.03. The van der Waals surface area contributed by atoms with Gasteiger partial charge in [0.25, 0.3) is 5.91 Å². The summed E-state index contributed by atoms with van der Waals surface area (Å²) in [5.41, 5.74) is 6.75. The van der Waals surface area contributed by atoms with E-state index in [0.717, 1.165) is 44.3 Å². The van der Waals surface area contributed by atoms with E-state index in [2.05, 4.69) is 9.59 Å². The van der Waals surface area contributed by atoms with Gasteiger partial charge in [0.2, 0.25) is 0 Å². The Labute approximate surface area is 118 Å². The highest BCUT2D eigenvalue weighted by atomic mass is 32.1. The van der Waals surface area contributed by atoms with Gasteiger partial charge >= 0.3 is 0 Å². The van der Waals surface area contributed by atoms with Crippen LogP contribution in [0.3, 0.4) is 0 Å². The van der Waals surface area contributed by atoms with Crippen LogP contribution in [-0.4, -0.2) is 39.0 Å². The summed E-state index contributed by atoms with van der Waals surface area (Å²) < 4.78 is 3.91. The van der Waals surface area contributed by atoms with E-state index in [1.807, 2.05) is 18.7 Å². The number of carbonyl (C=O) groups excluding carboxylic acids is 1. The smallest absolute Gasteiger partial charge is 0.267 e. The van der Waals surface area contributed by atoms with Crippen molar-refractivity contribution in [1.29, 1.82) is 0 Å². The van der Waals surface area contributed by atoms with Gasteiger partial charge in [-0.2, -0.15) is 0 Å². The van der Waals surface area contributed by atoms with Crippen LogP contribution < -0.4 is 5.73 Å². The molecule has 1 fully saturated rings. The monoisotopic (exact) mass is 282 g/mol. The van der Waals surface area contributed by atoms with Crippen molar-refractivity contribution in [3.63, 3.8) is 0 Å². The third-order valence-corrected chi connectivity index (χ3v) is 4.62. The Bertz CT molecular complexity index is 426. The minimum Gasteiger partial charge on any atom is -0.335 e. The lowest BCUT2D eigenvalue weighted by Crippen LogP contribution is -2.44. The van der Waals surface area contributed by atoms with Crippen molar-refractivity contribution in [2.75, 3.05) is 6.54 Å². The Morgan fingerprint density at radius 2 is 2.05 bits per heavy atom. The second-order valence-corrected chi connectivity index (χ2v) is 5.82. The molecule has 5 nitrogen and oxygen atoms in total. The zero-order valence-corrected chi connectivity index (χ0v) is 12.4. The molecule has 106 valence electrons. The molecule has 1 amide bonds. The predicted molar refractivity (Wildman–Crippen MR) is 76.2 cm³/mol. The molecule has 6 heteroatoms. The molecule has 19 heavy (non-hydrogen) atoms. The number of nitrogens with zero attached hydrogens (tertiary/aromatic N) is 3. The molecule has 2 rings (SSSR count). The number of hydrogen-bond acceptors (Lipinski definition) is 5. The lowest BCUT2D eigenvalue weighted by atomic mass is 9.90.